The predicted octanol–water partition coefficient (Wildman–Crippen LogP) is 4.01. The van der Waals surface area contributed by atoms with Crippen molar-refractivity contribution in [3.63, 3.8) is 0 Å². The van der Waals surface area contributed by atoms with E-state index in [0.29, 0.717) is 5.02 Å². The van der Waals surface area contributed by atoms with E-state index in [4.69, 9.17) is 22.1 Å². The van der Waals surface area contributed by atoms with Gasteiger partial charge in [0.05, 0.1) is 13.2 Å². The van der Waals surface area contributed by atoms with Gasteiger partial charge in [0.2, 0.25) is 0 Å². The van der Waals surface area contributed by atoms with Crippen LogP contribution in [0.4, 0.5) is 0 Å². The number of ether oxygens (including phenoxy) is 1. The Morgan fingerprint density at radius 1 is 1.11 bits per heavy atom. The second-order valence-corrected chi connectivity index (χ2v) is 5.12. The minimum atomic E-state index is -0.248. The number of rotatable bonds is 3. The molecule has 0 fully saturated rings. The molecule has 100 valence electrons. The first-order valence-electron chi connectivity index (χ1n) is 6.19. The minimum Gasteiger partial charge on any atom is -0.497 e. The highest BCUT2D eigenvalue weighted by Gasteiger charge is 2.14. The molecule has 0 aliphatic heterocycles. The molecule has 0 aliphatic carbocycles. The first-order valence-corrected chi connectivity index (χ1v) is 6.57. The van der Waals surface area contributed by atoms with Crippen LogP contribution in [-0.2, 0) is 0 Å². The van der Waals surface area contributed by atoms with Gasteiger partial charge in [-0.05, 0) is 54.3 Å². The highest BCUT2D eigenvalue weighted by molar-refractivity contribution is 6.31. The fourth-order valence-electron chi connectivity index (χ4n) is 2.06. The van der Waals surface area contributed by atoms with E-state index in [0.717, 1.165) is 16.9 Å². The summed E-state index contributed by atoms with van der Waals surface area (Å²) in [5, 5.41) is 0.707. The second-order valence-electron chi connectivity index (χ2n) is 4.71. The molecule has 0 aliphatic rings. The van der Waals surface area contributed by atoms with E-state index < -0.39 is 0 Å². The van der Waals surface area contributed by atoms with E-state index in [-0.39, 0.29) is 6.04 Å². The summed E-state index contributed by atoms with van der Waals surface area (Å²) in [4.78, 5) is 0. The Morgan fingerprint density at radius 3 is 2.47 bits per heavy atom. The summed E-state index contributed by atoms with van der Waals surface area (Å²) >= 11 is 6.31. The first-order chi connectivity index (χ1) is 9.02. The monoisotopic (exact) mass is 275 g/mol. The van der Waals surface area contributed by atoms with Crippen molar-refractivity contribution in [2.24, 2.45) is 5.73 Å². The molecule has 1 unspecified atom stereocenters. The third-order valence-corrected chi connectivity index (χ3v) is 3.73. The maximum Gasteiger partial charge on any atom is 0.119 e. The van der Waals surface area contributed by atoms with Crippen molar-refractivity contribution in [3.05, 3.63) is 63.7 Å². The van der Waals surface area contributed by atoms with Crippen LogP contribution in [0.3, 0.4) is 0 Å². The Morgan fingerprint density at radius 2 is 1.79 bits per heavy atom. The normalized spacial score (nSPS) is 12.3. The smallest absolute Gasteiger partial charge is 0.119 e. The largest absolute Gasteiger partial charge is 0.497 e. The fourth-order valence-corrected chi connectivity index (χ4v) is 2.39. The van der Waals surface area contributed by atoms with Crippen LogP contribution in [0, 0.1) is 13.8 Å². The molecule has 2 rings (SSSR count). The number of hydrogen-bond acceptors (Lipinski definition) is 2. The quantitative estimate of drug-likeness (QED) is 0.918. The van der Waals surface area contributed by atoms with Crippen molar-refractivity contribution in [2.75, 3.05) is 7.11 Å². The van der Waals surface area contributed by atoms with E-state index in [2.05, 4.69) is 13.0 Å². The van der Waals surface area contributed by atoms with Gasteiger partial charge in [0.1, 0.15) is 5.75 Å². The summed E-state index contributed by atoms with van der Waals surface area (Å²) in [6, 6.07) is 11.5. The molecule has 3 heteroatoms. The van der Waals surface area contributed by atoms with Gasteiger partial charge in [0.25, 0.3) is 0 Å². The van der Waals surface area contributed by atoms with Gasteiger partial charge in [0, 0.05) is 5.02 Å². The van der Waals surface area contributed by atoms with Crippen molar-refractivity contribution in [1.29, 1.82) is 0 Å². The lowest BCUT2D eigenvalue weighted by atomic mass is 9.96. The summed E-state index contributed by atoms with van der Waals surface area (Å²) in [7, 11) is 1.65. The van der Waals surface area contributed by atoms with Gasteiger partial charge >= 0.3 is 0 Å². The van der Waals surface area contributed by atoms with Crippen LogP contribution in [-0.4, -0.2) is 7.11 Å². The lowest BCUT2D eigenvalue weighted by Crippen LogP contribution is -2.13. The Bertz CT molecular complexity index is 595. The summed E-state index contributed by atoms with van der Waals surface area (Å²) < 4.78 is 5.23. The molecule has 0 radical (unpaired) electrons. The average molecular weight is 276 g/mol. The van der Waals surface area contributed by atoms with Crippen molar-refractivity contribution in [1.82, 2.24) is 0 Å². The summed E-state index contributed by atoms with van der Waals surface area (Å²) in [6.45, 7) is 4.11. The Labute approximate surface area is 119 Å². The SMILES string of the molecule is COc1cccc(C(N)c2cc(C)c(C)cc2Cl)c1. The van der Waals surface area contributed by atoms with Crippen LogP contribution in [0.25, 0.3) is 0 Å². The molecule has 2 aromatic rings. The van der Waals surface area contributed by atoms with Crippen LogP contribution in [0.1, 0.15) is 28.3 Å². The maximum absolute atomic E-state index is 6.32. The number of halogens is 1. The molecule has 2 aromatic carbocycles. The highest BCUT2D eigenvalue weighted by Crippen LogP contribution is 2.30. The van der Waals surface area contributed by atoms with Crippen molar-refractivity contribution in [2.45, 2.75) is 19.9 Å². The summed E-state index contributed by atoms with van der Waals surface area (Å²) in [5.74, 6) is 0.799. The van der Waals surface area contributed by atoms with Gasteiger partial charge in [-0.3, -0.25) is 0 Å². The lowest BCUT2D eigenvalue weighted by molar-refractivity contribution is 0.414. The zero-order valence-corrected chi connectivity index (χ0v) is 12.2. The number of nitrogens with two attached hydrogens (primary N) is 1. The molecule has 2 N–H and O–H groups in total. The minimum absolute atomic E-state index is 0.248. The lowest BCUT2D eigenvalue weighted by Gasteiger charge is -2.17. The highest BCUT2D eigenvalue weighted by atomic mass is 35.5. The molecule has 0 spiro atoms. The van der Waals surface area contributed by atoms with Crippen LogP contribution >= 0.6 is 11.6 Å². The van der Waals surface area contributed by atoms with Gasteiger partial charge in [-0.1, -0.05) is 29.8 Å². The third-order valence-electron chi connectivity index (χ3n) is 3.40. The Kier molecular flexibility index (Phi) is 4.13. The van der Waals surface area contributed by atoms with Gasteiger partial charge in [0.15, 0.2) is 0 Å². The van der Waals surface area contributed by atoms with Gasteiger partial charge < -0.3 is 10.5 Å². The molecule has 1 atom stereocenters. The van der Waals surface area contributed by atoms with Crippen molar-refractivity contribution < 1.29 is 4.74 Å². The van der Waals surface area contributed by atoms with E-state index in [1.165, 1.54) is 11.1 Å². The number of methoxy groups -OCH3 is 1. The van der Waals surface area contributed by atoms with Crippen LogP contribution < -0.4 is 10.5 Å². The topological polar surface area (TPSA) is 35.2 Å². The summed E-state index contributed by atoms with van der Waals surface area (Å²) in [5.41, 5.74) is 10.6. The zero-order chi connectivity index (χ0) is 14.0. The van der Waals surface area contributed by atoms with Gasteiger partial charge in [-0.25, -0.2) is 0 Å². The van der Waals surface area contributed by atoms with Crippen molar-refractivity contribution >= 4 is 11.6 Å². The molecule has 2 nitrogen and oxygen atoms in total. The van der Waals surface area contributed by atoms with Crippen molar-refractivity contribution in [3.8, 4) is 5.75 Å². The molecule has 0 heterocycles. The number of aryl methyl sites for hydroxylation is 2. The van der Waals surface area contributed by atoms with E-state index >= 15 is 0 Å². The molecule has 19 heavy (non-hydrogen) atoms. The Balaban J connectivity index is 2.43. The molecular formula is C16H18ClNO. The van der Waals surface area contributed by atoms with E-state index in [1.807, 2.05) is 37.3 Å². The van der Waals surface area contributed by atoms with Gasteiger partial charge in [-0.15, -0.1) is 0 Å². The first kappa shape index (κ1) is 13.9. The van der Waals surface area contributed by atoms with E-state index in [1.54, 1.807) is 7.11 Å². The predicted molar refractivity (Wildman–Crippen MR) is 80.0 cm³/mol. The second kappa shape index (κ2) is 5.64. The molecule has 0 aromatic heterocycles. The average Bonchev–Trinajstić information content (AvgIpc) is 2.42. The van der Waals surface area contributed by atoms with Gasteiger partial charge in [-0.2, -0.15) is 0 Å². The molecule has 0 amide bonds. The van der Waals surface area contributed by atoms with Crippen LogP contribution in [0.2, 0.25) is 5.02 Å². The number of hydrogen-bond donors (Lipinski definition) is 1. The zero-order valence-electron chi connectivity index (χ0n) is 11.4. The van der Waals surface area contributed by atoms with Crippen LogP contribution in [0.15, 0.2) is 36.4 Å². The molecule has 0 bridgehead atoms. The number of benzene rings is 2. The maximum atomic E-state index is 6.32. The van der Waals surface area contributed by atoms with E-state index in [9.17, 15) is 0 Å². The third kappa shape index (κ3) is 2.91. The standard InChI is InChI=1S/C16H18ClNO/c1-10-7-14(15(17)8-11(10)2)16(18)12-5-4-6-13(9-12)19-3/h4-9,16H,18H2,1-3H3. The molecule has 0 saturated carbocycles. The molecular weight excluding hydrogens is 258 g/mol. The fraction of sp³-hybridized carbons (Fsp3) is 0.250. The van der Waals surface area contributed by atoms with Crippen LogP contribution in [0.5, 0.6) is 5.75 Å². The molecule has 0 saturated heterocycles. The Hall–Kier alpha value is -1.51. The summed E-state index contributed by atoms with van der Waals surface area (Å²) in [6.07, 6.45) is 0.